The summed E-state index contributed by atoms with van der Waals surface area (Å²) in [6.07, 6.45) is 1.49. The van der Waals surface area contributed by atoms with Crippen molar-refractivity contribution in [1.29, 1.82) is 0 Å². The van der Waals surface area contributed by atoms with Crippen LogP contribution in [0.25, 0.3) is 0 Å². The molecule has 18 heavy (non-hydrogen) atoms. The van der Waals surface area contributed by atoms with Gasteiger partial charge in [-0.15, -0.1) is 0 Å². The minimum atomic E-state index is -0.350. The van der Waals surface area contributed by atoms with Crippen LogP contribution in [0, 0.1) is 0 Å². The average molecular weight is 264 g/mol. The SMILES string of the molecule is NNC(c1ccccc1N)c1cc(Cl)cnc1N. The van der Waals surface area contributed by atoms with Gasteiger partial charge in [0.25, 0.3) is 0 Å². The van der Waals surface area contributed by atoms with Crippen molar-refractivity contribution in [3.05, 3.63) is 52.7 Å². The van der Waals surface area contributed by atoms with E-state index in [0.717, 1.165) is 5.56 Å². The second kappa shape index (κ2) is 5.22. The Balaban J connectivity index is 2.52. The molecule has 1 atom stereocenters. The number of pyridine rings is 1. The minimum absolute atomic E-state index is 0.350. The van der Waals surface area contributed by atoms with Crippen molar-refractivity contribution in [2.45, 2.75) is 6.04 Å². The smallest absolute Gasteiger partial charge is 0.128 e. The van der Waals surface area contributed by atoms with E-state index in [1.807, 2.05) is 18.2 Å². The van der Waals surface area contributed by atoms with Gasteiger partial charge in [0.2, 0.25) is 0 Å². The number of nitrogen functional groups attached to an aromatic ring is 2. The molecule has 5 nitrogen and oxygen atoms in total. The number of nitrogens with zero attached hydrogens (tertiary/aromatic N) is 1. The maximum atomic E-state index is 5.93. The van der Waals surface area contributed by atoms with Gasteiger partial charge in [0.05, 0.1) is 11.1 Å². The van der Waals surface area contributed by atoms with E-state index in [9.17, 15) is 0 Å². The quantitative estimate of drug-likeness (QED) is 0.381. The van der Waals surface area contributed by atoms with Gasteiger partial charge in [-0.25, -0.2) is 10.4 Å². The molecule has 0 aliphatic rings. The average Bonchev–Trinajstić information content (AvgIpc) is 2.36. The summed E-state index contributed by atoms with van der Waals surface area (Å²) in [5.41, 5.74) is 16.6. The van der Waals surface area contributed by atoms with Crippen LogP contribution < -0.4 is 22.7 Å². The molecule has 0 bridgehead atoms. The van der Waals surface area contributed by atoms with Gasteiger partial charge >= 0.3 is 0 Å². The van der Waals surface area contributed by atoms with Crippen molar-refractivity contribution in [1.82, 2.24) is 10.4 Å². The summed E-state index contributed by atoms with van der Waals surface area (Å²) in [6, 6.07) is 8.78. The minimum Gasteiger partial charge on any atom is -0.398 e. The van der Waals surface area contributed by atoms with Gasteiger partial charge < -0.3 is 11.5 Å². The number of aromatic nitrogens is 1. The van der Waals surface area contributed by atoms with Gasteiger partial charge in [-0.2, -0.15) is 0 Å². The zero-order valence-corrected chi connectivity index (χ0v) is 10.4. The fraction of sp³-hybridized carbons (Fsp3) is 0.0833. The predicted molar refractivity (Wildman–Crippen MR) is 73.7 cm³/mol. The maximum Gasteiger partial charge on any atom is 0.128 e. The summed E-state index contributed by atoms with van der Waals surface area (Å²) in [4.78, 5) is 4.01. The van der Waals surface area contributed by atoms with Crippen molar-refractivity contribution in [3.8, 4) is 0 Å². The molecule has 0 saturated heterocycles. The highest BCUT2D eigenvalue weighted by Crippen LogP contribution is 2.30. The van der Waals surface area contributed by atoms with Crippen LogP contribution in [0.4, 0.5) is 11.5 Å². The van der Waals surface area contributed by atoms with Crippen molar-refractivity contribution >= 4 is 23.1 Å². The third-order valence-corrected chi connectivity index (χ3v) is 2.91. The van der Waals surface area contributed by atoms with Crippen LogP contribution in [0.15, 0.2) is 36.5 Å². The first-order chi connectivity index (χ1) is 8.63. The Bertz CT molecular complexity index is 558. The molecule has 0 spiro atoms. The van der Waals surface area contributed by atoms with Crippen molar-refractivity contribution in [3.63, 3.8) is 0 Å². The van der Waals surface area contributed by atoms with Crippen LogP contribution in [0.2, 0.25) is 5.02 Å². The van der Waals surface area contributed by atoms with Crippen molar-refractivity contribution in [2.24, 2.45) is 5.84 Å². The number of rotatable bonds is 3. The molecule has 1 heterocycles. The molecular weight excluding hydrogens is 250 g/mol. The second-order valence-corrected chi connectivity index (χ2v) is 4.29. The van der Waals surface area contributed by atoms with E-state index < -0.39 is 0 Å². The fourth-order valence-electron chi connectivity index (χ4n) is 1.82. The van der Waals surface area contributed by atoms with Gasteiger partial charge in [-0.3, -0.25) is 5.84 Å². The lowest BCUT2D eigenvalue weighted by Crippen LogP contribution is -2.30. The lowest BCUT2D eigenvalue weighted by atomic mass is 9.98. The van der Waals surface area contributed by atoms with E-state index in [-0.39, 0.29) is 6.04 Å². The Hall–Kier alpha value is -1.82. The first kappa shape index (κ1) is 12.6. The third kappa shape index (κ3) is 2.38. The molecule has 1 aromatic carbocycles. The highest BCUT2D eigenvalue weighted by Gasteiger charge is 2.18. The van der Waals surface area contributed by atoms with Crippen LogP contribution in [-0.4, -0.2) is 4.98 Å². The van der Waals surface area contributed by atoms with E-state index in [1.54, 1.807) is 12.1 Å². The summed E-state index contributed by atoms with van der Waals surface area (Å²) in [5.74, 6) is 5.96. The lowest BCUT2D eigenvalue weighted by Gasteiger charge is -2.19. The van der Waals surface area contributed by atoms with Crippen LogP contribution in [0.1, 0.15) is 17.2 Å². The van der Waals surface area contributed by atoms with E-state index >= 15 is 0 Å². The highest BCUT2D eigenvalue weighted by molar-refractivity contribution is 6.30. The molecule has 0 saturated carbocycles. The lowest BCUT2D eigenvalue weighted by molar-refractivity contribution is 0.638. The maximum absolute atomic E-state index is 5.93. The van der Waals surface area contributed by atoms with Gasteiger partial charge in [0.1, 0.15) is 5.82 Å². The number of nitrogens with two attached hydrogens (primary N) is 3. The molecule has 1 aromatic heterocycles. The Labute approximate surface area is 110 Å². The molecular formula is C12H14ClN5. The van der Waals surface area contributed by atoms with Crippen LogP contribution in [0.5, 0.6) is 0 Å². The van der Waals surface area contributed by atoms with E-state index in [4.69, 9.17) is 28.9 Å². The monoisotopic (exact) mass is 263 g/mol. The molecule has 0 aliphatic heterocycles. The van der Waals surface area contributed by atoms with Gasteiger partial charge in [0.15, 0.2) is 0 Å². The Kier molecular flexibility index (Phi) is 3.66. The Morgan fingerprint density at radius 3 is 2.56 bits per heavy atom. The number of halogens is 1. The molecule has 7 N–H and O–H groups in total. The number of benzene rings is 1. The molecule has 1 unspecified atom stereocenters. The normalized spacial score (nSPS) is 12.3. The van der Waals surface area contributed by atoms with Crippen molar-refractivity contribution in [2.75, 3.05) is 11.5 Å². The van der Waals surface area contributed by atoms with Gasteiger partial charge in [-0.05, 0) is 17.7 Å². The van der Waals surface area contributed by atoms with Crippen LogP contribution in [-0.2, 0) is 0 Å². The summed E-state index contributed by atoms with van der Waals surface area (Å²) in [7, 11) is 0. The number of hydrazine groups is 1. The second-order valence-electron chi connectivity index (χ2n) is 3.86. The topological polar surface area (TPSA) is 103 Å². The van der Waals surface area contributed by atoms with E-state index in [0.29, 0.717) is 22.1 Å². The standard InChI is InChI=1S/C12H14ClN5/c13-7-5-9(12(15)17-6-7)11(18-16)8-3-1-2-4-10(8)14/h1-6,11,18H,14,16H2,(H2,15,17). The van der Waals surface area contributed by atoms with Crippen LogP contribution >= 0.6 is 11.6 Å². The van der Waals surface area contributed by atoms with Gasteiger partial charge in [0, 0.05) is 17.4 Å². The summed E-state index contributed by atoms with van der Waals surface area (Å²) >= 11 is 5.93. The number of nitrogens with one attached hydrogen (secondary N) is 1. The number of hydrogen-bond acceptors (Lipinski definition) is 5. The third-order valence-electron chi connectivity index (χ3n) is 2.70. The fourth-order valence-corrected chi connectivity index (χ4v) is 1.98. The summed E-state index contributed by atoms with van der Waals surface area (Å²) < 4.78 is 0. The first-order valence-corrected chi connectivity index (χ1v) is 5.72. The molecule has 0 amide bonds. The van der Waals surface area contributed by atoms with E-state index in [2.05, 4.69) is 10.4 Å². The molecule has 94 valence electrons. The number of hydrogen-bond donors (Lipinski definition) is 4. The van der Waals surface area contributed by atoms with Crippen molar-refractivity contribution < 1.29 is 0 Å². The molecule has 2 rings (SSSR count). The van der Waals surface area contributed by atoms with Gasteiger partial charge in [-0.1, -0.05) is 29.8 Å². The first-order valence-electron chi connectivity index (χ1n) is 5.35. The molecule has 0 aliphatic carbocycles. The zero-order chi connectivity index (χ0) is 13.1. The molecule has 0 fully saturated rings. The largest absolute Gasteiger partial charge is 0.398 e. The zero-order valence-electron chi connectivity index (χ0n) is 9.60. The predicted octanol–water partition coefficient (Wildman–Crippen LogP) is 1.45. The molecule has 2 aromatic rings. The Morgan fingerprint density at radius 1 is 1.17 bits per heavy atom. The van der Waals surface area contributed by atoms with E-state index in [1.165, 1.54) is 6.20 Å². The summed E-state index contributed by atoms with van der Waals surface area (Å²) in [5, 5.41) is 0.494. The highest BCUT2D eigenvalue weighted by atomic mass is 35.5. The molecule has 6 heteroatoms. The number of anilines is 2. The summed E-state index contributed by atoms with van der Waals surface area (Å²) in [6.45, 7) is 0. The Morgan fingerprint density at radius 2 is 1.89 bits per heavy atom. The number of para-hydroxylation sites is 1. The van der Waals surface area contributed by atoms with Crippen LogP contribution in [0.3, 0.4) is 0 Å². The molecule has 0 radical (unpaired) electrons.